The summed E-state index contributed by atoms with van der Waals surface area (Å²) in [5.41, 5.74) is 5.79. The molecule has 2 aliphatic rings. The highest BCUT2D eigenvalue weighted by molar-refractivity contribution is 5.87. The summed E-state index contributed by atoms with van der Waals surface area (Å²) in [6.45, 7) is 1.38. The van der Waals surface area contributed by atoms with Crippen LogP contribution in [0.4, 0.5) is 0 Å². The van der Waals surface area contributed by atoms with E-state index in [1.807, 2.05) is 24.3 Å². The van der Waals surface area contributed by atoms with Crippen LogP contribution in [-0.4, -0.2) is 19.1 Å². The lowest BCUT2D eigenvalue weighted by Gasteiger charge is -2.37. The van der Waals surface area contributed by atoms with Gasteiger partial charge in [-0.05, 0) is 31.4 Å². The molecule has 0 saturated heterocycles. The van der Waals surface area contributed by atoms with Crippen LogP contribution in [0.25, 0.3) is 0 Å². The third-order valence-electron chi connectivity index (χ3n) is 3.89. The molecule has 1 unspecified atom stereocenters. The Kier molecular flexibility index (Phi) is 2.74. The van der Waals surface area contributed by atoms with Gasteiger partial charge in [-0.3, -0.25) is 10.1 Å². The van der Waals surface area contributed by atoms with E-state index in [9.17, 15) is 4.79 Å². The maximum atomic E-state index is 12.0. The summed E-state index contributed by atoms with van der Waals surface area (Å²) in [6, 6.07) is 7.66. The average molecular weight is 246 g/mol. The molecular weight excluding hydrogens is 228 g/mol. The van der Waals surface area contributed by atoms with Crippen LogP contribution in [0.1, 0.15) is 24.8 Å². The molecule has 4 heteroatoms. The number of amides is 1. The Morgan fingerprint density at radius 2 is 2.22 bits per heavy atom. The summed E-state index contributed by atoms with van der Waals surface area (Å²) in [5.74, 6) is 1.17. The van der Waals surface area contributed by atoms with Crippen LogP contribution in [-0.2, 0) is 10.3 Å². The van der Waals surface area contributed by atoms with Gasteiger partial charge >= 0.3 is 0 Å². The Balaban J connectivity index is 1.95. The molecule has 0 bridgehead atoms. The number of nitrogens with one attached hydrogen (secondary N) is 1. The third-order valence-corrected chi connectivity index (χ3v) is 3.89. The molecular formula is C14H18N2O2. The molecule has 0 radical (unpaired) electrons. The first kappa shape index (κ1) is 11.5. The minimum absolute atomic E-state index is 0.307. The van der Waals surface area contributed by atoms with E-state index in [0.29, 0.717) is 18.9 Å². The van der Waals surface area contributed by atoms with E-state index in [2.05, 4.69) is 5.32 Å². The van der Waals surface area contributed by atoms with Gasteiger partial charge in [0.1, 0.15) is 11.3 Å². The van der Waals surface area contributed by atoms with Gasteiger partial charge in [-0.15, -0.1) is 0 Å². The predicted octanol–water partition coefficient (Wildman–Crippen LogP) is 1.15. The van der Waals surface area contributed by atoms with Crippen molar-refractivity contribution < 1.29 is 9.53 Å². The number of fused-ring (bicyclic) bond motifs is 1. The molecule has 1 aromatic rings. The van der Waals surface area contributed by atoms with Gasteiger partial charge in [0.25, 0.3) is 0 Å². The number of carbonyl (C=O) groups excluding carboxylic acids is 1. The van der Waals surface area contributed by atoms with Crippen molar-refractivity contribution in [3.8, 4) is 5.75 Å². The SMILES string of the molecule is NC(=O)C1(NCC2CC2)CCOc2ccccc21. The van der Waals surface area contributed by atoms with Crippen LogP contribution in [0.15, 0.2) is 24.3 Å². The number of hydrogen-bond donors (Lipinski definition) is 2. The van der Waals surface area contributed by atoms with Gasteiger partial charge in [0, 0.05) is 12.0 Å². The van der Waals surface area contributed by atoms with E-state index >= 15 is 0 Å². The van der Waals surface area contributed by atoms with Crippen LogP contribution < -0.4 is 15.8 Å². The Labute approximate surface area is 107 Å². The van der Waals surface area contributed by atoms with E-state index in [4.69, 9.17) is 10.5 Å². The zero-order chi connectivity index (χ0) is 12.6. The van der Waals surface area contributed by atoms with Crippen molar-refractivity contribution >= 4 is 5.91 Å². The fraction of sp³-hybridized carbons (Fsp3) is 0.500. The van der Waals surface area contributed by atoms with Gasteiger partial charge in [-0.1, -0.05) is 18.2 Å². The first-order valence-corrected chi connectivity index (χ1v) is 6.49. The van der Waals surface area contributed by atoms with Crippen LogP contribution in [0.5, 0.6) is 5.75 Å². The maximum absolute atomic E-state index is 12.0. The second-order valence-electron chi connectivity index (χ2n) is 5.19. The average Bonchev–Trinajstić information content (AvgIpc) is 3.20. The van der Waals surface area contributed by atoms with Crippen molar-refractivity contribution in [2.75, 3.05) is 13.2 Å². The molecule has 1 saturated carbocycles. The van der Waals surface area contributed by atoms with Crippen molar-refractivity contribution in [3.05, 3.63) is 29.8 Å². The Bertz CT molecular complexity index is 471. The fourth-order valence-corrected chi connectivity index (χ4v) is 2.56. The van der Waals surface area contributed by atoms with Crippen LogP contribution in [0, 0.1) is 5.92 Å². The maximum Gasteiger partial charge on any atom is 0.242 e. The van der Waals surface area contributed by atoms with Gasteiger partial charge < -0.3 is 10.5 Å². The van der Waals surface area contributed by atoms with Crippen molar-refractivity contribution in [2.24, 2.45) is 11.7 Å². The van der Waals surface area contributed by atoms with E-state index in [1.165, 1.54) is 12.8 Å². The molecule has 96 valence electrons. The molecule has 1 heterocycles. The lowest BCUT2D eigenvalue weighted by atomic mass is 9.83. The molecule has 1 aliphatic heterocycles. The minimum Gasteiger partial charge on any atom is -0.493 e. The first-order valence-electron chi connectivity index (χ1n) is 6.49. The van der Waals surface area contributed by atoms with Crippen molar-refractivity contribution in [1.82, 2.24) is 5.32 Å². The smallest absolute Gasteiger partial charge is 0.242 e. The number of primary amides is 1. The molecule has 18 heavy (non-hydrogen) atoms. The standard InChI is InChI=1S/C14H18N2O2/c15-13(17)14(16-9-10-5-6-10)7-8-18-12-4-2-1-3-11(12)14/h1-4,10,16H,5-9H2,(H2,15,17). The summed E-state index contributed by atoms with van der Waals surface area (Å²) in [7, 11) is 0. The number of benzene rings is 1. The molecule has 1 amide bonds. The largest absolute Gasteiger partial charge is 0.493 e. The quantitative estimate of drug-likeness (QED) is 0.837. The van der Waals surface area contributed by atoms with Crippen LogP contribution >= 0.6 is 0 Å². The number of hydrogen-bond acceptors (Lipinski definition) is 3. The summed E-state index contributed by atoms with van der Waals surface area (Å²) in [6.07, 6.45) is 3.10. The normalized spacial score (nSPS) is 26.2. The Hall–Kier alpha value is -1.55. The number of para-hydroxylation sites is 1. The molecule has 0 aromatic heterocycles. The van der Waals surface area contributed by atoms with Gasteiger partial charge in [-0.25, -0.2) is 0 Å². The van der Waals surface area contributed by atoms with E-state index in [1.54, 1.807) is 0 Å². The summed E-state index contributed by atoms with van der Waals surface area (Å²) in [5, 5.41) is 3.40. The Morgan fingerprint density at radius 3 is 2.94 bits per heavy atom. The Morgan fingerprint density at radius 1 is 1.44 bits per heavy atom. The van der Waals surface area contributed by atoms with Gasteiger partial charge in [0.2, 0.25) is 5.91 Å². The molecule has 3 rings (SSSR count). The lowest BCUT2D eigenvalue weighted by molar-refractivity contribution is -0.126. The number of ether oxygens (including phenoxy) is 1. The number of rotatable bonds is 4. The zero-order valence-electron chi connectivity index (χ0n) is 10.3. The van der Waals surface area contributed by atoms with E-state index in [0.717, 1.165) is 17.9 Å². The molecule has 1 aliphatic carbocycles. The molecule has 1 aromatic carbocycles. The molecule has 3 N–H and O–H groups in total. The summed E-state index contributed by atoms with van der Waals surface area (Å²) < 4.78 is 5.60. The van der Waals surface area contributed by atoms with Crippen LogP contribution in [0.3, 0.4) is 0 Å². The monoisotopic (exact) mass is 246 g/mol. The highest BCUT2D eigenvalue weighted by Crippen LogP contribution is 2.38. The minimum atomic E-state index is -0.753. The molecule has 1 fully saturated rings. The fourth-order valence-electron chi connectivity index (χ4n) is 2.56. The third kappa shape index (κ3) is 1.86. The zero-order valence-corrected chi connectivity index (χ0v) is 10.3. The number of nitrogens with two attached hydrogens (primary N) is 1. The van der Waals surface area contributed by atoms with Crippen LogP contribution in [0.2, 0.25) is 0 Å². The topological polar surface area (TPSA) is 64.4 Å². The number of carbonyl (C=O) groups is 1. The van der Waals surface area contributed by atoms with Crippen molar-refractivity contribution in [2.45, 2.75) is 24.8 Å². The molecule has 4 nitrogen and oxygen atoms in total. The van der Waals surface area contributed by atoms with Gasteiger partial charge in [0.15, 0.2) is 0 Å². The summed E-state index contributed by atoms with van der Waals surface area (Å²) >= 11 is 0. The van der Waals surface area contributed by atoms with Crippen molar-refractivity contribution in [3.63, 3.8) is 0 Å². The highest BCUT2D eigenvalue weighted by atomic mass is 16.5. The first-order chi connectivity index (χ1) is 8.72. The second kappa shape index (κ2) is 4.28. The van der Waals surface area contributed by atoms with Gasteiger partial charge in [0.05, 0.1) is 6.61 Å². The van der Waals surface area contributed by atoms with E-state index in [-0.39, 0.29) is 5.91 Å². The molecule has 1 atom stereocenters. The predicted molar refractivity (Wildman–Crippen MR) is 68.2 cm³/mol. The summed E-state index contributed by atoms with van der Waals surface area (Å²) in [4.78, 5) is 12.0. The van der Waals surface area contributed by atoms with Gasteiger partial charge in [-0.2, -0.15) is 0 Å². The van der Waals surface area contributed by atoms with E-state index < -0.39 is 5.54 Å². The van der Waals surface area contributed by atoms with Crippen molar-refractivity contribution in [1.29, 1.82) is 0 Å². The second-order valence-corrected chi connectivity index (χ2v) is 5.19. The molecule has 0 spiro atoms. The highest BCUT2D eigenvalue weighted by Gasteiger charge is 2.43. The lowest BCUT2D eigenvalue weighted by Crippen LogP contribution is -2.55.